The van der Waals surface area contributed by atoms with E-state index in [9.17, 15) is 9.59 Å². The second-order valence-corrected chi connectivity index (χ2v) is 34.3. The molecule has 4 rings (SSSR count). The first-order valence-corrected chi connectivity index (χ1v) is 35.0. The van der Waals surface area contributed by atoms with E-state index in [1.165, 1.54) is 14.2 Å². The lowest BCUT2D eigenvalue weighted by Gasteiger charge is -2.56. The second kappa shape index (κ2) is 32.1. The molecular weight excluding hydrogens is 1090 g/mol. The van der Waals surface area contributed by atoms with Crippen molar-refractivity contribution in [1.29, 1.82) is 0 Å². The van der Waals surface area contributed by atoms with Crippen LogP contribution in [0.15, 0.2) is 72.3 Å². The number of carbonyl (C=O) groups excluding carboxylic acids is 3. The van der Waals surface area contributed by atoms with Crippen molar-refractivity contribution in [3.05, 3.63) is 83.5 Å². The van der Waals surface area contributed by atoms with Crippen LogP contribution in [0.3, 0.4) is 0 Å². The van der Waals surface area contributed by atoms with Crippen LogP contribution in [0.1, 0.15) is 139 Å². The van der Waals surface area contributed by atoms with Crippen LogP contribution in [-0.4, -0.2) is 125 Å². The van der Waals surface area contributed by atoms with Crippen molar-refractivity contribution < 1.29 is 70.6 Å². The highest BCUT2D eigenvalue weighted by molar-refractivity contribution is 6.74. The molecule has 0 aromatic heterocycles. The number of allylic oxidation sites excluding steroid dienone is 1. The smallest absolute Gasteiger partial charge is 0.384 e. The van der Waals surface area contributed by atoms with Crippen LogP contribution < -0.4 is 9.47 Å². The van der Waals surface area contributed by atoms with E-state index in [4.69, 9.17) is 62.6 Å². The van der Waals surface area contributed by atoms with E-state index < -0.39 is 100.0 Å². The van der Waals surface area contributed by atoms with E-state index in [0.717, 1.165) is 40.6 Å². The maximum Gasteiger partial charge on any atom is 0.384 e. The van der Waals surface area contributed by atoms with Gasteiger partial charge in [-0.2, -0.15) is 0 Å². The topological polar surface area (TPSA) is 162 Å². The molecule has 2 aliphatic rings. The molecule has 83 heavy (non-hydrogen) atoms. The van der Waals surface area contributed by atoms with E-state index in [0.29, 0.717) is 38.0 Å². The molecule has 0 spiro atoms. The number of ether oxygens (including phenoxy) is 10. The predicted molar refractivity (Wildman–Crippen MR) is 328 cm³/mol. The summed E-state index contributed by atoms with van der Waals surface area (Å²) >= 11 is 0. The highest BCUT2D eigenvalue weighted by atomic mass is 28.4. The van der Waals surface area contributed by atoms with Crippen molar-refractivity contribution in [1.82, 2.24) is 0 Å². The van der Waals surface area contributed by atoms with Gasteiger partial charge in [0.05, 0.1) is 90.8 Å². The minimum absolute atomic E-state index is 0.0758. The molecule has 2 fully saturated rings. The summed E-state index contributed by atoms with van der Waals surface area (Å²) in [4.78, 5) is 40.0. The van der Waals surface area contributed by atoms with Crippen LogP contribution in [-0.2, 0) is 74.3 Å². The molecular formula is C66H100O15Si2. The van der Waals surface area contributed by atoms with Gasteiger partial charge in [-0.3, -0.25) is 4.79 Å². The molecule has 462 valence electrons. The molecule has 0 amide bonds. The number of methoxy groups -OCH3 is 5. The Kier molecular flexibility index (Phi) is 27.3. The summed E-state index contributed by atoms with van der Waals surface area (Å²) in [5.74, 6) is 6.89. The number of esters is 3. The van der Waals surface area contributed by atoms with Crippen LogP contribution in [0.25, 0.3) is 0 Å². The zero-order valence-electron chi connectivity index (χ0n) is 53.4. The van der Waals surface area contributed by atoms with Crippen molar-refractivity contribution in [3.63, 3.8) is 0 Å². The third-order valence-electron chi connectivity index (χ3n) is 17.2. The van der Waals surface area contributed by atoms with Gasteiger partial charge < -0.3 is 56.2 Å². The minimum Gasteiger partial charge on any atom is -0.497 e. The lowest BCUT2D eigenvalue weighted by Crippen LogP contribution is -2.63. The third-order valence-corrected chi connectivity index (χ3v) is 26.5. The van der Waals surface area contributed by atoms with Gasteiger partial charge in [0.1, 0.15) is 17.6 Å². The molecule has 2 saturated heterocycles. The Morgan fingerprint density at radius 3 is 1.95 bits per heavy atom. The third kappa shape index (κ3) is 21.0. The van der Waals surface area contributed by atoms with E-state index >= 15 is 4.79 Å². The molecule has 0 radical (unpaired) electrons. The highest BCUT2D eigenvalue weighted by Crippen LogP contribution is 2.51. The summed E-state index contributed by atoms with van der Waals surface area (Å²) in [6.45, 7) is 28.0. The summed E-state index contributed by atoms with van der Waals surface area (Å²) in [5, 5.41) is -0.148. The molecule has 2 aromatic carbocycles. The Bertz CT molecular complexity index is 2520. The van der Waals surface area contributed by atoms with Crippen LogP contribution >= 0.6 is 0 Å². The average Bonchev–Trinajstić information content (AvgIpc) is 1.38. The first kappa shape index (κ1) is 70.7. The number of rotatable bonds is 30. The molecule has 0 aliphatic carbocycles. The fourth-order valence-corrected chi connectivity index (χ4v) is 14.8. The Morgan fingerprint density at radius 2 is 1.42 bits per heavy atom. The van der Waals surface area contributed by atoms with E-state index in [1.807, 2.05) is 81.5 Å². The number of terminal acetylenes is 1. The maximum absolute atomic E-state index is 15.1. The normalized spacial score (nSPS) is 22.3. The summed E-state index contributed by atoms with van der Waals surface area (Å²) < 4.78 is 76.4. The molecule has 0 N–H and O–H groups in total. The maximum atomic E-state index is 15.1. The molecule has 2 heterocycles. The molecule has 0 unspecified atom stereocenters. The average molecular weight is 1190 g/mol. The number of hydrogen-bond acceptors (Lipinski definition) is 15. The first-order chi connectivity index (χ1) is 39.1. The van der Waals surface area contributed by atoms with Crippen LogP contribution in [0.2, 0.25) is 36.3 Å². The molecule has 17 heteroatoms. The molecule has 0 saturated carbocycles. The fraction of sp³-hybridized carbons (Fsp3) is 0.652. The van der Waals surface area contributed by atoms with Gasteiger partial charge in [-0.25, -0.2) is 9.59 Å². The number of carbonyl (C=O) groups is 3. The van der Waals surface area contributed by atoms with Crippen LogP contribution in [0, 0.1) is 35.0 Å². The summed E-state index contributed by atoms with van der Waals surface area (Å²) in [7, 11) is 2.72. The summed E-state index contributed by atoms with van der Waals surface area (Å²) in [6.07, 6.45) is 9.20. The molecule has 2 aromatic rings. The number of benzene rings is 2. The van der Waals surface area contributed by atoms with Gasteiger partial charge in [-0.05, 0) is 112 Å². The Morgan fingerprint density at radius 1 is 0.819 bits per heavy atom. The van der Waals surface area contributed by atoms with Gasteiger partial charge in [0.25, 0.3) is 0 Å². The van der Waals surface area contributed by atoms with Crippen molar-refractivity contribution in [2.24, 2.45) is 10.8 Å². The van der Waals surface area contributed by atoms with Crippen LogP contribution in [0.5, 0.6) is 11.5 Å². The molecule has 9 atom stereocenters. The van der Waals surface area contributed by atoms with Crippen LogP contribution in [0.4, 0.5) is 0 Å². The number of hydrogen-bond donors (Lipinski definition) is 0. The SMILES string of the molecule is C#CC(C)(C)/C=C/[C@H]1C/C(=C\C(=O)OC)C[C@@H](C[C@]2(OC)O[C@H](C[C@H](CC(=O)O[C@H](C[C@H](CC#CC(=O)OC)OCc3ccc(OC)cc3)[C@@H](C)O[Si](C)(C)C(C)(C)C)O[Si](CC)(CC)CC)C[C@H](OCc3ccc(OC)cc3)C2(C)C)O1. The van der Waals surface area contributed by atoms with Crippen molar-refractivity contribution in [2.45, 2.75) is 232 Å². The fourth-order valence-electron chi connectivity index (χ4n) is 10.5. The molecule has 0 bridgehead atoms. The minimum atomic E-state index is -2.42. The van der Waals surface area contributed by atoms with Gasteiger partial charge >= 0.3 is 17.9 Å². The molecule has 15 nitrogen and oxygen atoms in total. The lowest BCUT2D eigenvalue weighted by atomic mass is 9.70. The summed E-state index contributed by atoms with van der Waals surface area (Å²) in [6, 6.07) is 17.9. The van der Waals surface area contributed by atoms with Crippen molar-refractivity contribution in [2.75, 3.05) is 35.5 Å². The zero-order valence-corrected chi connectivity index (χ0v) is 55.4. The Balaban J connectivity index is 1.80. The van der Waals surface area contributed by atoms with E-state index in [1.54, 1.807) is 27.4 Å². The van der Waals surface area contributed by atoms with Gasteiger partial charge in [-0.15, -0.1) is 6.42 Å². The van der Waals surface area contributed by atoms with Crippen molar-refractivity contribution in [3.8, 4) is 35.7 Å². The standard InChI is InChI=1S/C66H100O15Si2/c1-20-64(9,10)36-35-54-37-50(39-61(68)73-16)38-57(77-54)44-66(74-17)65(11,12)59(76-46-49-29-33-52(71-14)34-30-49)42-55(79-66)40-56(81-83(21-2,22-3)23-4)43-62(69)78-58(47(5)80-82(18,19)63(6,7)8)41-53(25-24-26-60(67)72-15)75-45-48-27-31-51(70-13)32-28-48/h1,27-36,39,47,53-59H,21-23,25,37-38,40-46H2,2-19H3/b36-35+,50-39+/t47-,53+,54+,55-,56-,57+,58-,59+,66+/m1/s1. The largest absolute Gasteiger partial charge is 0.497 e. The van der Waals surface area contributed by atoms with Gasteiger partial charge in [0.2, 0.25) is 0 Å². The second-order valence-electron chi connectivity index (χ2n) is 24.8. The Labute approximate surface area is 500 Å². The lowest BCUT2D eigenvalue weighted by molar-refractivity contribution is -0.362. The first-order valence-electron chi connectivity index (χ1n) is 29.5. The van der Waals surface area contributed by atoms with Crippen molar-refractivity contribution >= 4 is 34.5 Å². The monoisotopic (exact) mass is 1190 g/mol. The predicted octanol–water partition coefficient (Wildman–Crippen LogP) is 13.0. The van der Waals surface area contributed by atoms with E-state index in [2.05, 4.69) is 86.2 Å². The summed E-state index contributed by atoms with van der Waals surface area (Å²) in [5.41, 5.74) is 1.41. The molecule has 2 aliphatic heterocycles. The van der Waals surface area contributed by atoms with Gasteiger partial charge in [-0.1, -0.05) is 109 Å². The van der Waals surface area contributed by atoms with Gasteiger partial charge in [0.15, 0.2) is 22.4 Å². The highest BCUT2D eigenvalue weighted by Gasteiger charge is 2.58. The zero-order chi connectivity index (χ0) is 61.8. The quantitative estimate of drug-likeness (QED) is 0.0138. The van der Waals surface area contributed by atoms with Gasteiger partial charge in [0, 0.05) is 55.6 Å². The van der Waals surface area contributed by atoms with E-state index in [-0.39, 0.29) is 37.3 Å². The Hall–Kier alpha value is -4.80.